The summed E-state index contributed by atoms with van der Waals surface area (Å²) in [5, 5.41) is 1.93. The third-order valence-corrected chi connectivity index (χ3v) is 5.20. The molecule has 0 saturated heterocycles. The molecule has 2 nitrogen and oxygen atoms in total. The topological polar surface area (TPSA) is 38.9 Å². The van der Waals surface area contributed by atoms with Crippen molar-refractivity contribution in [2.45, 2.75) is 56.6 Å². The summed E-state index contributed by atoms with van der Waals surface area (Å²) < 4.78 is 0. The van der Waals surface area contributed by atoms with Gasteiger partial charge in [-0.3, -0.25) is 0 Å². The first kappa shape index (κ1) is 12.4. The second-order valence-electron chi connectivity index (χ2n) is 4.78. The van der Waals surface area contributed by atoms with Gasteiger partial charge in [-0.05, 0) is 25.0 Å². The van der Waals surface area contributed by atoms with E-state index in [0.717, 1.165) is 11.7 Å². The monoisotopic (exact) mass is 256 g/mol. The molecule has 1 aromatic heterocycles. The number of rotatable bonds is 5. The lowest BCUT2D eigenvalue weighted by molar-refractivity contribution is 0.810. The number of aromatic nitrogens is 1. The maximum atomic E-state index is 6.01. The molecular formula is C12H20N2S2. The van der Waals surface area contributed by atoms with Crippen LogP contribution in [0.3, 0.4) is 0 Å². The molecule has 0 bridgehead atoms. The van der Waals surface area contributed by atoms with E-state index in [1.165, 1.54) is 28.4 Å². The molecule has 1 saturated carbocycles. The molecule has 1 unspecified atom stereocenters. The lowest BCUT2D eigenvalue weighted by atomic mass is 10.2. The maximum Gasteiger partial charge on any atom is 0.103 e. The second kappa shape index (κ2) is 5.07. The zero-order valence-corrected chi connectivity index (χ0v) is 11.8. The molecule has 1 atom stereocenters. The zero-order chi connectivity index (χ0) is 11.7. The normalized spacial score (nSPS) is 18.1. The summed E-state index contributed by atoms with van der Waals surface area (Å²) >= 11 is 3.78. The second-order valence-corrected chi connectivity index (χ2v) is 7.46. The van der Waals surface area contributed by atoms with Gasteiger partial charge < -0.3 is 5.73 Å². The van der Waals surface area contributed by atoms with Crippen molar-refractivity contribution in [3.8, 4) is 0 Å². The van der Waals surface area contributed by atoms with Crippen LogP contribution >= 0.6 is 23.1 Å². The van der Waals surface area contributed by atoms with E-state index >= 15 is 0 Å². The van der Waals surface area contributed by atoms with Crippen LogP contribution in [0.2, 0.25) is 0 Å². The summed E-state index contributed by atoms with van der Waals surface area (Å²) in [4.78, 5) is 6.10. The number of nitrogens with two attached hydrogens (primary N) is 1. The minimum absolute atomic E-state index is 0.144. The first-order valence-electron chi connectivity index (χ1n) is 5.94. The van der Waals surface area contributed by atoms with Crippen LogP contribution in [0.4, 0.5) is 0 Å². The standard InChI is InChI=1S/C12H20N2S2/c1-7(2)15-6-10-14-11(9-4-5-9)12(16-10)8(3)13/h7-9H,4-6,13H2,1-3H3. The Morgan fingerprint density at radius 2 is 2.12 bits per heavy atom. The fourth-order valence-corrected chi connectivity index (χ4v) is 3.55. The summed E-state index contributed by atoms with van der Waals surface area (Å²) in [5.74, 6) is 1.75. The van der Waals surface area contributed by atoms with Crippen molar-refractivity contribution in [2.75, 3.05) is 0 Å². The van der Waals surface area contributed by atoms with Gasteiger partial charge in [-0.25, -0.2) is 4.98 Å². The van der Waals surface area contributed by atoms with E-state index in [0.29, 0.717) is 5.25 Å². The molecule has 1 aliphatic rings. The van der Waals surface area contributed by atoms with E-state index in [1.807, 2.05) is 23.1 Å². The first-order valence-corrected chi connectivity index (χ1v) is 7.81. The van der Waals surface area contributed by atoms with E-state index in [1.54, 1.807) is 0 Å². The molecule has 1 aromatic rings. The van der Waals surface area contributed by atoms with E-state index in [2.05, 4.69) is 20.8 Å². The molecule has 0 spiro atoms. The molecule has 1 aliphatic carbocycles. The molecule has 4 heteroatoms. The van der Waals surface area contributed by atoms with Gasteiger partial charge in [0.1, 0.15) is 5.01 Å². The summed E-state index contributed by atoms with van der Waals surface area (Å²) in [7, 11) is 0. The average molecular weight is 256 g/mol. The number of hydrogen-bond donors (Lipinski definition) is 1. The van der Waals surface area contributed by atoms with Gasteiger partial charge in [-0.1, -0.05) is 13.8 Å². The SMILES string of the molecule is CC(C)SCc1nc(C2CC2)c(C(C)N)s1. The Morgan fingerprint density at radius 1 is 1.44 bits per heavy atom. The molecule has 1 fully saturated rings. The van der Waals surface area contributed by atoms with Crippen LogP contribution in [0.15, 0.2) is 0 Å². The average Bonchev–Trinajstić information content (AvgIpc) is 2.95. The fraction of sp³-hybridized carbons (Fsp3) is 0.750. The van der Waals surface area contributed by atoms with Crippen LogP contribution in [-0.2, 0) is 5.75 Å². The Morgan fingerprint density at radius 3 is 2.62 bits per heavy atom. The Hall–Kier alpha value is -0.0600. The summed E-state index contributed by atoms with van der Waals surface area (Å²) in [5.41, 5.74) is 7.32. The van der Waals surface area contributed by atoms with Crippen LogP contribution in [0.5, 0.6) is 0 Å². The van der Waals surface area contributed by atoms with Gasteiger partial charge in [0.25, 0.3) is 0 Å². The van der Waals surface area contributed by atoms with Gasteiger partial charge in [0, 0.05) is 22.6 Å². The Kier molecular flexibility index (Phi) is 3.93. The first-order chi connectivity index (χ1) is 7.58. The van der Waals surface area contributed by atoms with Crippen molar-refractivity contribution in [2.24, 2.45) is 5.73 Å². The molecule has 0 aromatic carbocycles. The fourth-order valence-electron chi connectivity index (χ4n) is 1.67. The highest BCUT2D eigenvalue weighted by Crippen LogP contribution is 2.44. The van der Waals surface area contributed by atoms with Crippen molar-refractivity contribution in [1.29, 1.82) is 0 Å². The van der Waals surface area contributed by atoms with E-state index in [9.17, 15) is 0 Å². The van der Waals surface area contributed by atoms with Crippen LogP contribution in [0, 0.1) is 0 Å². The van der Waals surface area contributed by atoms with E-state index in [4.69, 9.17) is 10.7 Å². The van der Waals surface area contributed by atoms with Gasteiger partial charge in [0.05, 0.1) is 5.69 Å². The Labute approximate surface area is 106 Å². The highest BCUT2D eigenvalue weighted by Gasteiger charge is 2.30. The predicted octanol–water partition coefficient (Wildman–Crippen LogP) is 3.68. The predicted molar refractivity (Wildman–Crippen MR) is 73.1 cm³/mol. The van der Waals surface area contributed by atoms with Crippen LogP contribution in [0.1, 0.15) is 61.2 Å². The number of hydrogen-bond acceptors (Lipinski definition) is 4. The Balaban J connectivity index is 2.11. The summed E-state index contributed by atoms with van der Waals surface area (Å²) in [6, 6.07) is 0.144. The lowest BCUT2D eigenvalue weighted by Crippen LogP contribution is -2.05. The van der Waals surface area contributed by atoms with E-state index in [-0.39, 0.29) is 6.04 Å². The molecule has 0 radical (unpaired) electrons. The van der Waals surface area contributed by atoms with Crippen LogP contribution in [0.25, 0.3) is 0 Å². The molecular weight excluding hydrogens is 236 g/mol. The summed E-state index contributed by atoms with van der Waals surface area (Å²) in [6.07, 6.45) is 2.61. The molecule has 16 heavy (non-hydrogen) atoms. The quantitative estimate of drug-likeness (QED) is 0.873. The van der Waals surface area contributed by atoms with Crippen molar-refractivity contribution in [3.05, 3.63) is 15.6 Å². The van der Waals surface area contributed by atoms with Crippen LogP contribution in [-0.4, -0.2) is 10.2 Å². The van der Waals surface area contributed by atoms with Crippen molar-refractivity contribution >= 4 is 23.1 Å². The molecule has 2 rings (SSSR count). The number of nitrogens with zero attached hydrogens (tertiary/aromatic N) is 1. The third kappa shape index (κ3) is 2.99. The van der Waals surface area contributed by atoms with Gasteiger partial charge in [-0.2, -0.15) is 11.8 Å². The zero-order valence-electron chi connectivity index (χ0n) is 10.2. The van der Waals surface area contributed by atoms with Gasteiger partial charge in [0.2, 0.25) is 0 Å². The molecule has 1 heterocycles. The highest BCUT2D eigenvalue weighted by atomic mass is 32.2. The van der Waals surface area contributed by atoms with Gasteiger partial charge in [-0.15, -0.1) is 11.3 Å². The molecule has 0 amide bonds. The van der Waals surface area contributed by atoms with Crippen molar-refractivity contribution in [3.63, 3.8) is 0 Å². The Bertz CT molecular complexity index is 334. The van der Waals surface area contributed by atoms with E-state index < -0.39 is 0 Å². The lowest BCUT2D eigenvalue weighted by Gasteiger charge is -2.02. The van der Waals surface area contributed by atoms with Gasteiger partial charge >= 0.3 is 0 Å². The maximum absolute atomic E-state index is 6.01. The largest absolute Gasteiger partial charge is 0.323 e. The summed E-state index contributed by atoms with van der Waals surface area (Å²) in [6.45, 7) is 6.53. The smallest absolute Gasteiger partial charge is 0.103 e. The minimum Gasteiger partial charge on any atom is -0.323 e. The third-order valence-electron chi connectivity index (χ3n) is 2.64. The molecule has 2 N–H and O–H groups in total. The minimum atomic E-state index is 0.144. The van der Waals surface area contributed by atoms with Crippen LogP contribution < -0.4 is 5.73 Å². The molecule has 0 aliphatic heterocycles. The van der Waals surface area contributed by atoms with Crippen molar-refractivity contribution in [1.82, 2.24) is 4.98 Å². The molecule has 90 valence electrons. The van der Waals surface area contributed by atoms with Crippen molar-refractivity contribution < 1.29 is 0 Å². The van der Waals surface area contributed by atoms with Gasteiger partial charge in [0.15, 0.2) is 0 Å². The number of thiazole rings is 1. The highest BCUT2D eigenvalue weighted by molar-refractivity contribution is 7.99. The number of thioether (sulfide) groups is 1.